The van der Waals surface area contributed by atoms with Gasteiger partial charge in [0.2, 0.25) is 0 Å². The van der Waals surface area contributed by atoms with Crippen molar-refractivity contribution in [1.29, 1.82) is 0 Å². The summed E-state index contributed by atoms with van der Waals surface area (Å²) in [7, 11) is 3.18. The predicted molar refractivity (Wildman–Crippen MR) is 125 cm³/mol. The molecule has 0 unspecified atom stereocenters. The molecule has 2 aromatic carbocycles. The summed E-state index contributed by atoms with van der Waals surface area (Å²) in [5.41, 5.74) is 1.17. The van der Waals surface area contributed by atoms with E-state index in [9.17, 15) is 10.2 Å². The molecular weight excluding hydrogens is 468 g/mol. The molecule has 0 N–H and O–H groups in total. The van der Waals surface area contributed by atoms with Crippen LogP contribution in [0.1, 0.15) is 36.8 Å². The van der Waals surface area contributed by atoms with Gasteiger partial charge in [-0.05, 0) is 48.2 Å². The standard InChI is InChI=1S/C26H30N2O4.Cu/c1-31-21-11-7-19(8-12-21)25(29)15-17-27-23-5-3-4-6-24(23)28-18-16-26(30)20-9-13-22(32-2)14-10-20;/h7-18,23-24,29-30H,3-6H2,1-2H3;/q;+2/p-2/b25-15-,26-16-,27-17?,28-18?;/t23-,24-;/m1./s1. The molecular formula is C26H28CuN2O4. The topological polar surface area (TPSA) is 89.3 Å². The molecule has 0 spiro atoms. The average Bonchev–Trinajstić information content (AvgIpc) is 2.85. The molecule has 6 nitrogen and oxygen atoms in total. The van der Waals surface area contributed by atoms with Crippen molar-refractivity contribution < 1.29 is 36.8 Å². The molecule has 0 heterocycles. The molecule has 0 amide bonds. The van der Waals surface area contributed by atoms with E-state index in [-0.39, 0.29) is 40.7 Å². The summed E-state index contributed by atoms with van der Waals surface area (Å²) < 4.78 is 10.2. The maximum Gasteiger partial charge on any atom is 2.00 e. The van der Waals surface area contributed by atoms with E-state index in [1.165, 1.54) is 12.2 Å². The molecule has 0 saturated heterocycles. The zero-order chi connectivity index (χ0) is 22.8. The van der Waals surface area contributed by atoms with Crippen LogP contribution in [0.3, 0.4) is 0 Å². The first-order valence-corrected chi connectivity index (χ1v) is 10.7. The van der Waals surface area contributed by atoms with Gasteiger partial charge in [-0.25, -0.2) is 0 Å². The van der Waals surface area contributed by atoms with Crippen molar-refractivity contribution in [3.05, 3.63) is 71.8 Å². The zero-order valence-electron chi connectivity index (χ0n) is 18.7. The van der Waals surface area contributed by atoms with Crippen molar-refractivity contribution in [2.45, 2.75) is 37.8 Å². The van der Waals surface area contributed by atoms with E-state index in [1.54, 1.807) is 75.2 Å². The van der Waals surface area contributed by atoms with Crippen LogP contribution in [0.4, 0.5) is 0 Å². The first kappa shape index (κ1) is 26.2. The van der Waals surface area contributed by atoms with Gasteiger partial charge in [0.1, 0.15) is 11.5 Å². The van der Waals surface area contributed by atoms with Crippen LogP contribution < -0.4 is 19.7 Å². The summed E-state index contributed by atoms with van der Waals surface area (Å²) in [6, 6.07) is 14.0. The van der Waals surface area contributed by atoms with Crippen molar-refractivity contribution >= 4 is 23.9 Å². The van der Waals surface area contributed by atoms with E-state index in [2.05, 4.69) is 9.98 Å². The van der Waals surface area contributed by atoms with Crippen LogP contribution >= 0.6 is 0 Å². The minimum absolute atomic E-state index is 0. The minimum Gasteiger partial charge on any atom is -0.872 e. The fourth-order valence-electron chi connectivity index (χ4n) is 3.59. The normalized spacial score (nSPS) is 19.5. The molecule has 177 valence electrons. The summed E-state index contributed by atoms with van der Waals surface area (Å²) >= 11 is 0. The molecule has 1 radical (unpaired) electrons. The third kappa shape index (κ3) is 7.81. The van der Waals surface area contributed by atoms with Crippen LogP contribution in [0.15, 0.2) is 70.7 Å². The van der Waals surface area contributed by atoms with Gasteiger partial charge in [0, 0.05) is 12.4 Å². The second-order valence-electron chi connectivity index (χ2n) is 7.53. The van der Waals surface area contributed by atoms with Crippen LogP contribution in [-0.4, -0.2) is 38.7 Å². The van der Waals surface area contributed by atoms with E-state index in [0.29, 0.717) is 22.6 Å². The number of methoxy groups -OCH3 is 2. The average molecular weight is 496 g/mol. The molecule has 7 heteroatoms. The van der Waals surface area contributed by atoms with Crippen LogP contribution in [0.2, 0.25) is 0 Å². The van der Waals surface area contributed by atoms with Gasteiger partial charge in [0.15, 0.2) is 0 Å². The Labute approximate surface area is 205 Å². The van der Waals surface area contributed by atoms with Crippen molar-refractivity contribution in [2.75, 3.05) is 14.2 Å². The number of benzene rings is 2. The number of ether oxygens (including phenoxy) is 2. The molecule has 0 bridgehead atoms. The summed E-state index contributed by atoms with van der Waals surface area (Å²) in [5.74, 6) is 1.21. The van der Waals surface area contributed by atoms with E-state index in [4.69, 9.17) is 9.47 Å². The predicted octanol–water partition coefficient (Wildman–Crippen LogP) is 3.26. The Bertz CT molecular complexity index is 901. The smallest absolute Gasteiger partial charge is 0.872 e. The Kier molecular flexibility index (Phi) is 10.7. The molecule has 33 heavy (non-hydrogen) atoms. The van der Waals surface area contributed by atoms with Gasteiger partial charge in [0.25, 0.3) is 0 Å². The molecule has 2 atom stereocenters. The maximum atomic E-state index is 12.3. The number of aliphatic imine (C=N–C) groups is 2. The molecule has 1 saturated carbocycles. The van der Waals surface area contributed by atoms with Crippen molar-refractivity contribution in [3.8, 4) is 11.5 Å². The number of rotatable bonds is 8. The van der Waals surface area contributed by atoms with Crippen LogP contribution in [0.25, 0.3) is 11.5 Å². The maximum absolute atomic E-state index is 12.3. The van der Waals surface area contributed by atoms with Crippen molar-refractivity contribution in [1.82, 2.24) is 0 Å². The summed E-state index contributed by atoms with van der Waals surface area (Å²) in [6.07, 6.45) is 10.1. The van der Waals surface area contributed by atoms with E-state index in [1.807, 2.05) is 0 Å². The van der Waals surface area contributed by atoms with Crippen molar-refractivity contribution in [3.63, 3.8) is 0 Å². The van der Waals surface area contributed by atoms with Crippen LogP contribution in [0, 0.1) is 0 Å². The summed E-state index contributed by atoms with van der Waals surface area (Å²) in [6.45, 7) is 0. The van der Waals surface area contributed by atoms with Crippen LogP contribution in [0.5, 0.6) is 11.5 Å². The molecule has 2 aromatic rings. The van der Waals surface area contributed by atoms with Gasteiger partial charge >= 0.3 is 17.1 Å². The van der Waals surface area contributed by atoms with Gasteiger partial charge in [-0.2, -0.15) is 0 Å². The second kappa shape index (κ2) is 13.5. The molecule has 0 aliphatic heterocycles. The fraction of sp³-hybridized carbons (Fsp3) is 0.308. The first-order valence-electron chi connectivity index (χ1n) is 10.7. The Morgan fingerprint density at radius 3 is 1.42 bits per heavy atom. The van der Waals surface area contributed by atoms with Gasteiger partial charge < -0.3 is 19.7 Å². The number of hydrogen-bond acceptors (Lipinski definition) is 6. The third-order valence-electron chi connectivity index (χ3n) is 5.45. The summed E-state index contributed by atoms with van der Waals surface area (Å²) in [4.78, 5) is 9.17. The number of allylic oxidation sites excluding steroid dienone is 2. The Morgan fingerprint density at radius 2 is 1.09 bits per heavy atom. The second-order valence-corrected chi connectivity index (χ2v) is 7.53. The molecule has 0 aromatic heterocycles. The van der Waals surface area contributed by atoms with Crippen molar-refractivity contribution in [2.24, 2.45) is 9.98 Å². The number of nitrogens with zero attached hydrogens (tertiary/aromatic N) is 2. The Balaban J connectivity index is 0.00000385. The Morgan fingerprint density at radius 1 is 0.727 bits per heavy atom. The Hall–Kier alpha value is -3.02. The molecule has 3 rings (SSSR count). The van der Waals surface area contributed by atoms with Gasteiger partial charge in [-0.15, -0.1) is 11.5 Å². The van der Waals surface area contributed by atoms with Gasteiger partial charge in [-0.1, -0.05) is 49.3 Å². The minimum atomic E-state index is -0.106. The number of hydrogen-bond donors (Lipinski definition) is 0. The molecule has 1 fully saturated rings. The third-order valence-corrected chi connectivity index (χ3v) is 5.45. The van der Waals surface area contributed by atoms with Gasteiger partial charge in [0.05, 0.1) is 26.3 Å². The quantitative estimate of drug-likeness (QED) is 0.319. The van der Waals surface area contributed by atoms with Crippen LogP contribution in [-0.2, 0) is 17.1 Å². The largest absolute Gasteiger partial charge is 2.00 e. The van der Waals surface area contributed by atoms with E-state index >= 15 is 0 Å². The summed E-state index contributed by atoms with van der Waals surface area (Å²) in [5, 5.41) is 24.6. The van der Waals surface area contributed by atoms with E-state index in [0.717, 1.165) is 25.7 Å². The SMILES string of the molecule is COc1ccc(/C([O-])=C/C=N[C@@H]2CCCC[C@H]2N=C/C=C(\[O-])c2ccc(OC)cc2)cc1.[Cu+2]. The first-order chi connectivity index (χ1) is 15.6. The van der Waals surface area contributed by atoms with Gasteiger partial charge in [-0.3, -0.25) is 9.98 Å². The monoisotopic (exact) mass is 495 g/mol. The zero-order valence-corrected chi connectivity index (χ0v) is 19.7. The molecule has 1 aliphatic carbocycles. The fourth-order valence-corrected chi connectivity index (χ4v) is 3.59. The molecule has 1 aliphatic rings. The van der Waals surface area contributed by atoms with E-state index < -0.39 is 0 Å².